The molecule has 0 radical (unpaired) electrons. The molecule has 0 bridgehead atoms. The number of nitrogen functional groups attached to an aromatic ring is 1. The predicted octanol–water partition coefficient (Wildman–Crippen LogP) is 2.82. The molecule has 1 aromatic heterocycles. The highest BCUT2D eigenvalue weighted by Crippen LogP contribution is 2.22. The number of benzene rings is 2. The zero-order chi connectivity index (χ0) is 14.7. The zero-order valence-electron chi connectivity index (χ0n) is 11.3. The summed E-state index contributed by atoms with van der Waals surface area (Å²) < 4.78 is 1.76. The molecule has 0 atom stereocenters. The standard InChI is InChI=1S/C15H14ClN5/c16-12-7-5-11(6-8-12)9-10-21-15(18-19-20-21)13-3-1-2-4-14(13)17/h1-8H,9-10,17H2. The lowest BCUT2D eigenvalue weighted by Gasteiger charge is -2.07. The van der Waals surface area contributed by atoms with Crippen LogP contribution in [0.3, 0.4) is 0 Å². The molecule has 1 heterocycles. The Morgan fingerprint density at radius 3 is 2.57 bits per heavy atom. The molecule has 3 rings (SSSR count). The first-order valence-electron chi connectivity index (χ1n) is 6.59. The van der Waals surface area contributed by atoms with Gasteiger partial charge >= 0.3 is 0 Å². The Labute approximate surface area is 127 Å². The molecule has 0 aliphatic rings. The number of hydrogen-bond acceptors (Lipinski definition) is 4. The first-order chi connectivity index (χ1) is 10.2. The molecule has 5 nitrogen and oxygen atoms in total. The molecular weight excluding hydrogens is 286 g/mol. The number of aromatic nitrogens is 4. The van der Waals surface area contributed by atoms with E-state index >= 15 is 0 Å². The van der Waals surface area contributed by atoms with Crippen molar-refractivity contribution in [2.75, 3.05) is 5.73 Å². The summed E-state index contributed by atoms with van der Waals surface area (Å²) >= 11 is 5.88. The molecule has 0 saturated heterocycles. The van der Waals surface area contributed by atoms with Crippen LogP contribution >= 0.6 is 11.6 Å². The molecule has 0 aliphatic carbocycles. The zero-order valence-corrected chi connectivity index (χ0v) is 12.0. The van der Waals surface area contributed by atoms with Gasteiger partial charge in [0.15, 0.2) is 5.82 Å². The van der Waals surface area contributed by atoms with Crippen LogP contribution in [0, 0.1) is 0 Å². The fourth-order valence-corrected chi connectivity index (χ4v) is 2.26. The second kappa shape index (κ2) is 5.93. The summed E-state index contributed by atoms with van der Waals surface area (Å²) in [5.74, 6) is 0.682. The number of nitrogens with zero attached hydrogens (tertiary/aromatic N) is 4. The average Bonchev–Trinajstić information content (AvgIpc) is 2.95. The minimum Gasteiger partial charge on any atom is -0.398 e. The van der Waals surface area contributed by atoms with Gasteiger partial charge in [-0.2, -0.15) is 0 Å². The maximum absolute atomic E-state index is 5.98. The Morgan fingerprint density at radius 1 is 1.05 bits per heavy atom. The van der Waals surface area contributed by atoms with Gasteiger partial charge in [-0.1, -0.05) is 35.9 Å². The smallest absolute Gasteiger partial charge is 0.184 e. The van der Waals surface area contributed by atoms with Crippen molar-refractivity contribution in [1.29, 1.82) is 0 Å². The summed E-state index contributed by atoms with van der Waals surface area (Å²) in [6, 6.07) is 15.3. The second-order valence-electron chi connectivity index (χ2n) is 4.69. The van der Waals surface area contributed by atoms with Crippen LogP contribution < -0.4 is 5.73 Å². The predicted molar refractivity (Wildman–Crippen MR) is 82.8 cm³/mol. The highest BCUT2D eigenvalue weighted by molar-refractivity contribution is 6.30. The van der Waals surface area contributed by atoms with Crippen molar-refractivity contribution in [3.05, 3.63) is 59.1 Å². The Bertz CT molecular complexity index is 736. The quantitative estimate of drug-likeness (QED) is 0.752. The molecule has 0 unspecified atom stereocenters. The van der Waals surface area contributed by atoms with E-state index in [4.69, 9.17) is 17.3 Å². The summed E-state index contributed by atoms with van der Waals surface area (Å²) in [4.78, 5) is 0. The molecule has 21 heavy (non-hydrogen) atoms. The van der Waals surface area contributed by atoms with Crippen LogP contribution in [0.1, 0.15) is 5.56 Å². The minimum atomic E-state index is 0.667. The average molecular weight is 300 g/mol. The molecule has 0 spiro atoms. The van der Waals surface area contributed by atoms with Crippen LogP contribution in [-0.4, -0.2) is 20.2 Å². The third kappa shape index (κ3) is 3.03. The molecule has 106 valence electrons. The summed E-state index contributed by atoms with van der Waals surface area (Å²) in [5.41, 5.74) is 8.68. The van der Waals surface area contributed by atoms with Crippen LogP contribution in [0.25, 0.3) is 11.4 Å². The van der Waals surface area contributed by atoms with E-state index in [1.807, 2.05) is 48.5 Å². The number of anilines is 1. The van der Waals surface area contributed by atoms with Crippen molar-refractivity contribution in [1.82, 2.24) is 20.2 Å². The molecule has 0 amide bonds. The maximum atomic E-state index is 5.98. The number of tetrazole rings is 1. The van der Waals surface area contributed by atoms with E-state index in [0.29, 0.717) is 18.1 Å². The van der Waals surface area contributed by atoms with Gasteiger partial charge in [-0.3, -0.25) is 0 Å². The van der Waals surface area contributed by atoms with Gasteiger partial charge in [0.2, 0.25) is 0 Å². The van der Waals surface area contributed by atoms with Crippen molar-refractivity contribution < 1.29 is 0 Å². The van der Waals surface area contributed by atoms with E-state index < -0.39 is 0 Å². The third-order valence-corrected chi connectivity index (χ3v) is 3.51. The monoisotopic (exact) mass is 299 g/mol. The Hall–Kier alpha value is -2.40. The summed E-state index contributed by atoms with van der Waals surface area (Å²) in [7, 11) is 0. The lowest BCUT2D eigenvalue weighted by Crippen LogP contribution is -2.06. The number of hydrogen-bond donors (Lipinski definition) is 1. The molecule has 3 aromatic rings. The highest BCUT2D eigenvalue weighted by atomic mass is 35.5. The van der Waals surface area contributed by atoms with E-state index in [0.717, 1.165) is 17.0 Å². The molecule has 6 heteroatoms. The van der Waals surface area contributed by atoms with Crippen LogP contribution in [0.2, 0.25) is 5.02 Å². The minimum absolute atomic E-state index is 0.667. The summed E-state index contributed by atoms with van der Waals surface area (Å²) in [5, 5.41) is 12.6. The van der Waals surface area contributed by atoms with E-state index in [1.54, 1.807) is 4.68 Å². The summed E-state index contributed by atoms with van der Waals surface area (Å²) in [6.07, 6.45) is 0.821. The molecule has 2 aromatic carbocycles. The van der Waals surface area contributed by atoms with Crippen molar-refractivity contribution in [3.63, 3.8) is 0 Å². The molecule has 0 saturated carbocycles. The van der Waals surface area contributed by atoms with E-state index in [-0.39, 0.29) is 0 Å². The highest BCUT2D eigenvalue weighted by Gasteiger charge is 2.11. The van der Waals surface area contributed by atoms with E-state index in [2.05, 4.69) is 15.5 Å². The molecule has 0 aliphatic heterocycles. The SMILES string of the molecule is Nc1ccccc1-c1nnnn1CCc1ccc(Cl)cc1. The van der Waals surface area contributed by atoms with Gasteiger partial charge in [0.1, 0.15) is 0 Å². The number of rotatable bonds is 4. The lowest BCUT2D eigenvalue weighted by molar-refractivity contribution is 0.594. The van der Waals surface area contributed by atoms with Gasteiger partial charge < -0.3 is 5.73 Å². The van der Waals surface area contributed by atoms with Crippen LogP contribution in [0.4, 0.5) is 5.69 Å². The number of aryl methyl sites for hydroxylation is 2. The van der Waals surface area contributed by atoms with Gasteiger partial charge in [-0.05, 0) is 46.7 Å². The topological polar surface area (TPSA) is 69.6 Å². The van der Waals surface area contributed by atoms with Gasteiger partial charge in [-0.15, -0.1) is 5.10 Å². The van der Waals surface area contributed by atoms with E-state index in [1.165, 1.54) is 5.56 Å². The normalized spacial score (nSPS) is 10.7. The van der Waals surface area contributed by atoms with Crippen molar-refractivity contribution >= 4 is 17.3 Å². The molecule has 0 fully saturated rings. The maximum Gasteiger partial charge on any atom is 0.184 e. The van der Waals surface area contributed by atoms with Crippen molar-refractivity contribution in [2.24, 2.45) is 0 Å². The molecular formula is C15H14ClN5. The number of nitrogens with two attached hydrogens (primary N) is 1. The first kappa shape index (κ1) is 13.6. The lowest BCUT2D eigenvalue weighted by atomic mass is 10.1. The van der Waals surface area contributed by atoms with Crippen LogP contribution in [-0.2, 0) is 13.0 Å². The van der Waals surface area contributed by atoms with Crippen LogP contribution in [0.5, 0.6) is 0 Å². The fourth-order valence-electron chi connectivity index (χ4n) is 2.13. The summed E-state index contributed by atoms with van der Waals surface area (Å²) in [6.45, 7) is 0.679. The van der Waals surface area contributed by atoms with Gasteiger partial charge in [0.05, 0.1) is 0 Å². The second-order valence-corrected chi connectivity index (χ2v) is 5.13. The van der Waals surface area contributed by atoms with Crippen LogP contribution in [0.15, 0.2) is 48.5 Å². The number of para-hydroxylation sites is 1. The fraction of sp³-hybridized carbons (Fsp3) is 0.133. The van der Waals surface area contributed by atoms with E-state index in [9.17, 15) is 0 Å². The van der Waals surface area contributed by atoms with Gasteiger partial charge in [-0.25, -0.2) is 4.68 Å². The Kier molecular flexibility index (Phi) is 3.83. The van der Waals surface area contributed by atoms with Crippen molar-refractivity contribution in [3.8, 4) is 11.4 Å². The number of halogens is 1. The Balaban J connectivity index is 1.80. The van der Waals surface area contributed by atoms with Crippen molar-refractivity contribution in [2.45, 2.75) is 13.0 Å². The molecule has 2 N–H and O–H groups in total. The third-order valence-electron chi connectivity index (χ3n) is 3.26. The first-order valence-corrected chi connectivity index (χ1v) is 6.97. The Morgan fingerprint density at radius 2 is 1.81 bits per heavy atom. The van der Waals surface area contributed by atoms with Gasteiger partial charge in [0.25, 0.3) is 0 Å². The largest absolute Gasteiger partial charge is 0.398 e. The van der Waals surface area contributed by atoms with Gasteiger partial charge in [0, 0.05) is 22.8 Å².